The Balaban J connectivity index is 4.57. The van der Waals surface area contributed by atoms with Crippen LogP contribution in [0.3, 0.4) is 0 Å². The van der Waals surface area contributed by atoms with E-state index in [0.29, 0.717) is 11.5 Å². The third-order valence-corrected chi connectivity index (χ3v) is 3.57. The molecule has 2 heteroatoms. The van der Waals surface area contributed by atoms with Crippen LogP contribution >= 0.6 is 0 Å². The minimum absolute atomic E-state index is 0.407. The van der Waals surface area contributed by atoms with Gasteiger partial charge in [-0.3, -0.25) is 0 Å². The van der Waals surface area contributed by atoms with Gasteiger partial charge in [0.25, 0.3) is 0 Å². The number of rotatable bonds is 10. The molecule has 0 spiro atoms. The van der Waals surface area contributed by atoms with Gasteiger partial charge >= 0.3 is 0 Å². The van der Waals surface area contributed by atoms with Crippen molar-refractivity contribution < 1.29 is 0 Å². The summed E-state index contributed by atoms with van der Waals surface area (Å²) in [6.07, 6.45) is 2.58. The van der Waals surface area contributed by atoms with Crippen molar-refractivity contribution in [1.29, 1.82) is 0 Å². The van der Waals surface area contributed by atoms with E-state index < -0.39 is 0 Å². The van der Waals surface area contributed by atoms with Crippen LogP contribution in [0.2, 0.25) is 0 Å². The van der Waals surface area contributed by atoms with E-state index in [2.05, 4.69) is 58.7 Å². The summed E-state index contributed by atoms with van der Waals surface area (Å²) in [6.45, 7) is 20.8. The second kappa shape index (κ2) is 8.92. The summed E-state index contributed by atoms with van der Waals surface area (Å²) >= 11 is 0. The molecule has 0 aliphatic heterocycles. The van der Waals surface area contributed by atoms with E-state index in [4.69, 9.17) is 0 Å². The highest BCUT2D eigenvalue weighted by Crippen LogP contribution is 2.25. The molecule has 0 amide bonds. The molecule has 2 nitrogen and oxygen atoms in total. The molecule has 1 atom stereocenters. The highest BCUT2D eigenvalue weighted by atomic mass is 15.2. The van der Waals surface area contributed by atoms with Crippen LogP contribution in [0, 0.1) is 11.3 Å². The molecular weight excluding hydrogens is 220 g/mol. The third kappa shape index (κ3) is 7.38. The van der Waals surface area contributed by atoms with Crippen molar-refractivity contribution in [3.63, 3.8) is 0 Å². The number of hydrogen-bond donors (Lipinski definition) is 1. The van der Waals surface area contributed by atoms with E-state index in [1.807, 2.05) is 0 Å². The largest absolute Gasteiger partial charge is 0.316 e. The molecule has 0 aromatic heterocycles. The lowest BCUT2D eigenvalue weighted by atomic mass is 9.84. The van der Waals surface area contributed by atoms with Crippen molar-refractivity contribution in [1.82, 2.24) is 10.2 Å². The van der Waals surface area contributed by atoms with Crippen molar-refractivity contribution in [2.45, 2.75) is 67.3 Å². The average molecular weight is 256 g/mol. The fourth-order valence-corrected chi connectivity index (χ4v) is 2.67. The molecule has 0 aliphatic carbocycles. The Kier molecular flexibility index (Phi) is 8.89. The Bertz CT molecular complexity index is 201. The van der Waals surface area contributed by atoms with Gasteiger partial charge < -0.3 is 10.2 Å². The Morgan fingerprint density at radius 3 is 2.11 bits per heavy atom. The molecule has 0 saturated heterocycles. The molecule has 0 aliphatic rings. The molecule has 0 aromatic rings. The van der Waals surface area contributed by atoms with Gasteiger partial charge in [-0.25, -0.2) is 0 Å². The van der Waals surface area contributed by atoms with E-state index in [-0.39, 0.29) is 0 Å². The van der Waals surface area contributed by atoms with Crippen molar-refractivity contribution >= 4 is 0 Å². The van der Waals surface area contributed by atoms with Crippen LogP contribution in [0.1, 0.15) is 61.3 Å². The first-order valence-electron chi connectivity index (χ1n) is 7.79. The maximum atomic E-state index is 3.54. The zero-order valence-electron chi connectivity index (χ0n) is 13.8. The van der Waals surface area contributed by atoms with E-state index in [1.54, 1.807) is 0 Å². The molecule has 0 heterocycles. The highest BCUT2D eigenvalue weighted by molar-refractivity contribution is 4.82. The number of hydrogen-bond acceptors (Lipinski definition) is 2. The summed E-state index contributed by atoms with van der Waals surface area (Å²) in [7, 11) is 0. The smallest absolute Gasteiger partial charge is 0.00503 e. The standard InChI is InChI=1S/C16H36N2/c1-8-10-16(7,12-17-9-2)13-18(15(5)6)11-14(3)4/h14-15,17H,8-13H2,1-7H3. The summed E-state index contributed by atoms with van der Waals surface area (Å²) < 4.78 is 0. The number of nitrogens with one attached hydrogen (secondary N) is 1. The van der Waals surface area contributed by atoms with Crippen molar-refractivity contribution in [3.8, 4) is 0 Å². The van der Waals surface area contributed by atoms with Gasteiger partial charge in [0.05, 0.1) is 0 Å². The van der Waals surface area contributed by atoms with Crippen LogP contribution in [0.15, 0.2) is 0 Å². The Morgan fingerprint density at radius 1 is 1.11 bits per heavy atom. The van der Waals surface area contributed by atoms with Crippen molar-refractivity contribution in [2.24, 2.45) is 11.3 Å². The molecule has 1 N–H and O–H groups in total. The molecule has 18 heavy (non-hydrogen) atoms. The van der Waals surface area contributed by atoms with Crippen LogP contribution in [0.5, 0.6) is 0 Å². The molecule has 0 aromatic carbocycles. The molecule has 0 fully saturated rings. The third-order valence-electron chi connectivity index (χ3n) is 3.57. The summed E-state index contributed by atoms with van der Waals surface area (Å²) in [6, 6.07) is 0.644. The molecule has 1 unspecified atom stereocenters. The quantitative estimate of drug-likeness (QED) is 0.640. The fraction of sp³-hybridized carbons (Fsp3) is 1.00. The maximum absolute atomic E-state index is 3.54. The van der Waals surface area contributed by atoms with Gasteiger partial charge in [-0.15, -0.1) is 0 Å². The van der Waals surface area contributed by atoms with Crippen LogP contribution in [-0.4, -0.2) is 37.1 Å². The Labute approximate surface area is 116 Å². The minimum Gasteiger partial charge on any atom is -0.316 e. The molecule has 0 bridgehead atoms. The summed E-state index contributed by atoms with van der Waals surface area (Å²) in [5.41, 5.74) is 0.407. The Hall–Kier alpha value is -0.0800. The minimum atomic E-state index is 0.407. The van der Waals surface area contributed by atoms with Gasteiger partial charge in [0.2, 0.25) is 0 Å². The topological polar surface area (TPSA) is 15.3 Å². The molecular formula is C16H36N2. The van der Waals surface area contributed by atoms with Crippen LogP contribution in [0.25, 0.3) is 0 Å². The zero-order valence-corrected chi connectivity index (χ0v) is 13.8. The van der Waals surface area contributed by atoms with Gasteiger partial charge in [-0.2, -0.15) is 0 Å². The summed E-state index contributed by atoms with van der Waals surface area (Å²) in [5, 5.41) is 3.54. The Morgan fingerprint density at radius 2 is 1.72 bits per heavy atom. The second-order valence-electron chi connectivity index (χ2n) is 6.76. The van der Waals surface area contributed by atoms with Gasteiger partial charge in [0.15, 0.2) is 0 Å². The van der Waals surface area contributed by atoms with E-state index in [1.165, 1.54) is 25.9 Å². The zero-order chi connectivity index (χ0) is 14.2. The van der Waals surface area contributed by atoms with Crippen molar-refractivity contribution in [2.75, 3.05) is 26.2 Å². The van der Waals surface area contributed by atoms with E-state index in [9.17, 15) is 0 Å². The molecule has 0 radical (unpaired) electrons. The lowest BCUT2D eigenvalue weighted by Crippen LogP contribution is -2.46. The van der Waals surface area contributed by atoms with Crippen LogP contribution in [0.4, 0.5) is 0 Å². The van der Waals surface area contributed by atoms with Crippen molar-refractivity contribution in [3.05, 3.63) is 0 Å². The SMILES string of the molecule is CCCC(C)(CNCC)CN(CC(C)C)C(C)C. The first-order valence-corrected chi connectivity index (χ1v) is 7.79. The first-order chi connectivity index (χ1) is 8.34. The lowest BCUT2D eigenvalue weighted by Gasteiger charge is -2.38. The lowest BCUT2D eigenvalue weighted by molar-refractivity contribution is 0.111. The van der Waals surface area contributed by atoms with Gasteiger partial charge in [0, 0.05) is 25.7 Å². The molecule has 110 valence electrons. The van der Waals surface area contributed by atoms with E-state index in [0.717, 1.165) is 19.0 Å². The van der Waals surface area contributed by atoms with Crippen LogP contribution in [-0.2, 0) is 0 Å². The van der Waals surface area contributed by atoms with Gasteiger partial charge in [-0.05, 0) is 38.1 Å². The molecule has 0 rings (SSSR count). The van der Waals surface area contributed by atoms with Gasteiger partial charge in [0.1, 0.15) is 0 Å². The van der Waals surface area contributed by atoms with E-state index >= 15 is 0 Å². The first kappa shape index (κ1) is 17.9. The summed E-state index contributed by atoms with van der Waals surface area (Å²) in [5.74, 6) is 0.748. The van der Waals surface area contributed by atoms with Gasteiger partial charge in [-0.1, -0.05) is 41.0 Å². The second-order valence-corrected chi connectivity index (χ2v) is 6.76. The normalized spacial score (nSPS) is 15.7. The number of nitrogens with zero attached hydrogens (tertiary/aromatic N) is 1. The monoisotopic (exact) mass is 256 g/mol. The predicted octanol–water partition coefficient (Wildman–Crippen LogP) is 3.77. The average Bonchev–Trinajstić information content (AvgIpc) is 2.25. The predicted molar refractivity (Wildman–Crippen MR) is 83.1 cm³/mol. The molecule has 0 saturated carbocycles. The summed E-state index contributed by atoms with van der Waals surface area (Å²) in [4.78, 5) is 2.65. The maximum Gasteiger partial charge on any atom is 0.00503 e. The highest BCUT2D eigenvalue weighted by Gasteiger charge is 2.27. The van der Waals surface area contributed by atoms with Crippen LogP contribution < -0.4 is 5.32 Å². The fourth-order valence-electron chi connectivity index (χ4n) is 2.67.